The summed E-state index contributed by atoms with van der Waals surface area (Å²) in [5, 5.41) is 23.3. The molecule has 0 rings (SSSR count). The first-order valence-corrected chi connectivity index (χ1v) is 12.4. The average Bonchev–Trinajstić information content (AvgIpc) is 2.69. The first-order valence-electron chi connectivity index (χ1n) is 12.4. The number of aliphatic carboxylic acids is 2. The fraction of sp³-hybridized carbons (Fsp3) is 0.920. The van der Waals surface area contributed by atoms with Crippen molar-refractivity contribution >= 4 is 11.9 Å². The predicted molar refractivity (Wildman–Crippen MR) is 116 cm³/mol. The summed E-state index contributed by atoms with van der Waals surface area (Å²) in [5.41, 5.74) is -1.80. The van der Waals surface area contributed by atoms with E-state index < -0.39 is 17.4 Å². The Morgan fingerprint density at radius 1 is 0.484 bits per heavy atom. The topological polar surface area (TPSA) is 80.3 Å². The maximum atomic E-state index is 11.7. The molecule has 0 bridgehead atoms. The van der Waals surface area contributed by atoms with Gasteiger partial charge in [0.1, 0.15) is 0 Å². The SMILES string of the molecule is CCCCCCCCCCCC(CCCCCCCCCCC)(C(=O)[O-])C(=O)[O-].[Na+].[Na+]. The molecular weight excluding hydrogens is 410 g/mol. The van der Waals surface area contributed by atoms with Crippen LogP contribution in [0.4, 0.5) is 0 Å². The molecule has 0 fully saturated rings. The Balaban J connectivity index is -0.00000392. The first-order chi connectivity index (χ1) is 14.0. The second-order valence-corrected chi connectivity index (χ2v) is 8.81. The largest absolute Gasteiger partial charge is 1.00 e. The molecule has 0 atom stereocenters. The van der Waals surface area contributed by atoms with Gasteiger partial charge in [-0.2, -0.15) is 0 Å². The van der Waals surface area contributed by atoms with Gasteiger partial charge in [0.25, 0.3) is 0 Å². The average molecular weight is 457 g/mol. The maximum Gasteiger partial charge on any atom is 1.00 e. The van der Waals surface area contributed by atoms with Gasteiger partial charge in [0.05, 0.1) is 11.9 Å². The van der Waals surface area contributed by atoms with Crippen LogP contribution in [0.2, 0.25) is 0 Å². The predicted octanol–water partition coefficient (Wildman–Crippen LogP) is -0.678. The van der Waals surface area contributed by atoms with Gasteiger partial charge in [-0.05, 0) is 12.8 Å². The van der Waals surface area contributed by atoms with Gasteiger partial charge in [0.2, 0.25) is 0 Å². The molecule has 0 unspecified atom stereocenters. The number of carbonyl (C=O) groups excluding carboxylic acids is 2. The Hall–Kier alpha value is 0.940. The van der Waals surface area contributed by atoms with Crippen LogP contribution in [0.15, 0.2) is 0 Å². The third kappa shape index (κ3) is 19.0. The van der Waals surface area contributed by atoms with E-state index in [4.69, 9.17) is 0 Å². The molecule has 0 amide bonds. The summed E-state index contributed by atoms with van der Waals surface area (Å²) in [5.74, 6) is -2.92. The zero-order valence-corrected chi connectivity index (χ0v) is 25.3. The van der Waals surface area contributed by atoms with Gasteiger partial charge >= 0.3 is 59.1 Å². The van der Waals surface area contributed by atoms with Crippen molar-refractivity contribution in [1.82, 2.24) is 0 Å². The van der Waals surface area contributed by atoms with E-state index in [0.29, 0.717) is 12.8 Å². The molecule has 0 aromatic carbocycles. The van der Waals surface area contributed by atoms with Crippen molar-refractivity contribution in [1.29, 1.82) is 0 Å². The summed E-state index contributed by atoms with van der Waals surface area (Å²) in [6, 6.07) is 0. The Morgan fingerprint density at radius 3 is 0.935 bits per heavy atom. The van der Waals surface area contributed by atoms with E-state index >= 15 is 0 Å². The quantitative estimate of drug-likeness (QED) is 0.123. The fourth-order valence-electron chi connectivity index (χ4n) is 4.09. The summed E-state index contributed by atoms with van der Waals surface area (Å²) >= 11 is 0. The Labute approximate surface area is 236 Å². The minimum atomic E-state index is -1.80. The van der Waals surface area contributed by atoms with Crippen LogP contribution in [0.25, 0.3) is 0 Å². The van der Waals surface area contributed by atoms with E-state index in [1.807, 2.05) is 0 Å². The number of hydrogen-bond donors (Lipinski definition) is 0. The van der Waals surface area contributed by atoms with Gasteiger partial charge in [-0.3, -0.25) is 0 Å². The molecule has 0 aliphatic heterocycles. The molecule has 0 spiro atoms. The zero-order valence-electron chi connectivity index (χ0n) is 21.3. The van der Waals surface area contributed by atoms with Crippen LogP contribution in [0.5, 0.6) is 0 Å². The van der Waals surface area contributed by atoms with Gasteiger partial charge in [0, 0.05) is 5.41 Å². The van der Waals surface area contributed by atoms with Crippen molar-refractivity contribution in [3.63, 3.8) is 0 Å². The molecular formula is C25H46Na2O4. The summed E-state index contributed by atoms with van der Waals surface area (Å²) in [6.07, 6.45) is 20.2. The third-order valence-electron chi connectivity index (χ3n) is 6.20. The number of carboxylic acids is 2. The zero-order chi connectivity index (χ0) is 21.8. The monoisotopic (exact) mass is 456 g/mol. The van der Waals surface area contributed by atoms with E-state index in [1.165, 1.54) is 64.2 Å². The molecule has 0 aliphatic rings. The number of unbranched alkanes of at least 4 members (excludes halogenated alkanes) is 16. The smallest absolute Gasteiger partial charge is 0.549 e. The van der Waals surface area contributed by atoms with Crippen molar-refractivity contribution in [3.8, 4) is 0 Å². The van der Waals surface area contributed by atoms with Crippen LogP contribution >= 0.6 is 0 Å². The molecule has 31 heavy (non-hydrogen) atoms. The minimum Gasteiger partial charge on any atom is -0.549 e. The summed E-state index contributed by atoms with van der Waals surface area (Å²) in [7, 11) is 0. The van der Waals surface area contributed by atoms with Gasteiger partial charge in [-0.1, -0.05) is 129 Å². The Morgan fingerprint density at radius 2 is 0.710 bits per heavy atom. The van der Waals surface area contributed by atoms with E-state index in [0.717, 1.165) is 38.5 Å². The van der Waals surface area contributed by atoms with Crippen molar-refractivity contribution in [2.45, 2.75) is 142 Å². The molecule has 0 saturated heterocycles. The van der Waals surface area contributed by atoms with Crippen LogP contribution in [0.3, 0.4) is 0 Å². The molecule has 0 aliphatic carbocycles. The first kappa shape index (κ1) is 36.5. The van der Waals surface area contributed by atoms with Crippen LogP contribution in [-0.2, 0) is 9.59 Å². The second kappa shape index (κ2) is 25.6. The molecule has 6 heteroatoms. The standard InChI is InChI=1S/C25H48O4.2Na/c1-3-5-7-9-11-13-15-17-19-21-25(23(26)27,24(28)29)22-20-18-16-14-12-10-8-6-4-2;;/h3-22H2,1-2H3,(H,26,27)(H,28,29);;/q;2*+1/p-2. The summed E-state index contributed by atoms with van der Waals surface area (Å²) in [4.78, 5) is 23.3. The number of carboxylic acid groups (broad SMARTS) is 2. The van der Waals surface area contributed by atoms with Crippen molar-refractivity contribution in [3.05, 3.63) is 0 Å². The second-order valence-electron chi connectivity index (χ2n) is 8.81. The van der Waals surface area contributed by atoms with Gasteiger partial charge < -0.3 is 19.8 Å². The van der Waals surface area contributed by atoms with Crippen LogP contribution < -0.4 is 69.3 Å². The molecule has 0 saturated carbocycles. The molecule has 0 radical (unpaired) electrons. The molecule has 0 aromatic heterocycles. The normalized spacial score (nSPS) is 10.9. The van der Waals surface area contributed by atoms with Gasteiger partial charge in [0.15, 0.2) is 0 Å². The van der Waals surface area contributed by atoms with Crippen molar-refractivity contribution in [2.75, 3.05) is 0 Å². The van der Waals surface area contributed by atoms with E-state index in [-0.39, 0.29) is 72.0 Å². The number of carbonyl (C=O) groups is 2. The van der Waals surface area contributed by atoms with Crippen LogP contribution in [-0.4, -0.2) is 11.9 Å². The van der Waals surface area contributed by atoms with Crippen LogP contribution in [0, 0.1) is 5.41 Å². The molecule has 0 N–H and O–H groups in total. The van der Waals surface area contributed by atoms with Crippen molar-refractivity contribution in [2.24, 2.45) is 5.41 Å². The van der Waals surface area contributed by atoms with Crippen molar-refractivity contribution < 1.29 is 78.9 Å². The van der Waals surface area contributed by atoms with Gasteiger partial charge in [-0.25, -0.2) is 0 Å². The van der Waals surface area contributed by atoms with E-state index in [1.54, 1.807) is 0 Å². The maximum absolute atomic E-state index is 11.7. The van der Waals surface area contributed by atoms with Crippen LogP contribution in [0.1, 0.15) is 142 Å². The molecule has 172 valence electrons. The summed E-state index contributed by atoms with van der Waals surface area (Å²) in [6.45, 7) is 4.41. The number of hydrogen-bond acceptors (Lipinski definition) is 4. The molecule has 4 nitrogen and oxygen atoms in total. The number of rotatable bonds is 22. The molecule has 0 heterocycles. The molecule has 0 aromatic rings. The van der Waals surface area contributed by atoms with E-state index in [2.05, 4.69) is 13.8 Å². The fourth-order valence-corrected chi connectivity index (χ4v) is 4.09. The van der Waals surface area contributed by atoms with E-state index in [9.17, 15) is 19.8 Å². The Bertz CT molecular complexity index is 378. The third-order valence-corrected chi connectivity index (χ3v) is 6.20. The Kier molecular flexibility index (Phi) is 30.1. The minimum absolute atomic E-state index is 0. The summed E-state index contributed by atoms with van der Waals surface area (Å²) < 4.78 is 0. The van der Waals surface area contributed by atoms with Gasteiger partial charge in [-0.15, -0.1) is 0 Å².